The molecule has 4 heteroatoms. The molecule has 0 spiro atoms. The summed E-state index contributed by atoms with van der Waals surface area (Å²) in [5.74, 6) is 0.881. The number of benzene rings is 2. The van der Waals surface area contributed by atoms with Crippen LogP contribution in [0.5, 0.6) is 5.75 Å². The summed E-state index contributed by atoms with van der Waals surface area (Å²) < 4.78 is 2.71. The van der Waals surface area contributed by atoms with Gasteiger partial charge in [-0.3, -0.25) is 0 Å². The van der Waals surface area contributed by atoms with Gasteiger partial charge in [0.25, 0.3) is 0 Å². The van der Waals surface area contributed by atoms with E-state index in [2.05, 4.69) is 24.8 Å². The molecule has 2 aliphatic heterocycles. The number of hydrogen-bond donors (Lipinski definition) is 1. The number of alkyl halides is 2. The Bertz CT molecular complexity index is 840. The molecule has 4 rings (SSSR count). The van der Waals surface area contributed by atoms with Gasteiger partial charge >= 0.3 is 176 Å². The maximum absolute atomic E-state index is 13.0. The zero-order valence-electron chi connectivity index (χ0n) is 16.8. The predicted octanol–water partition coefficient (Wildman–Crippen LogP) is 5.11. The van der Waals surface area contributed by atoms with E-state index in [1.54, 1.807) is 6.07 Å². The number of piperidine rings is 1. The Balaban J connectivity index is 1.51. The first-order valence-corrected chi connectivity index (χ1v) is 14.3. The van der Waals surface area contributed by atoms with E-state index in [-0.39, 0.29) is 5.41 Å². The molecular formula is C24H30INO2. The topological polar surface area (TPSA) is 40.5 Å². The number of aromatic hydroxyl groups is 1. The molecule has 3 nitrogen and oxygen atoms in total. The van der Waals surface area contributed by atoms with Gasteiger partial charge in [0.05, 0.1) is 0 Å². The average Bonchev–Trinajstić information content (AvgIpc) is 2.91. The van der Waals surface area contributed by atoms with E-state index in [0.29, 0.717) is 21.5 Å². The van der Waals surface area contributed by atoms with Crippen LogP contribution in [-0.2, 0) is 5.41 Å². The van der Waals surface area contributed by atoms with Crippen LogP contribution in [-0.4, -0.2) is 41.8 Å². The van der Waals surface area contributed by atoms with Gasteiger partial charge in [-0.15, -0.1) is 0 Å². The van der Waals surface area contributed by atoms with Crippen molar-refractivity contribution in [2.75, 3.05) is 21.9 Å². The summed E-state index contributed by atoms with van der Waals surface area (Å²) in [4.78, 5) is 15.7. The summed E-state index contributed by atoms with van der Waals surface area (Å²) in [6.07, 6.45) is 2.26. The Morgan fingerprint density at radius 1 is 1.14 bits per heavy atom. The van der Waals surface area contributed by atoms with E-state index < -0.39 is 19.8 Å². The number of hydrogen-bond acceptors (Lipinski definition) is 3. The van der Waals surface area contributed by atoms with Crippen LogP contribution in [0, 0.1) is 5.92 Å². The van der Waals surface area contributed by atoms with E-state index in [9.17, 15) is 9.90 Å². The van der Waals surface area contributed by atoms with Crippen molar-refractivity contribution in [2.24, 2.45) is 5.92 Å². The first-order chi connectivity index (χ1) is 13.5. The van der Waals surface area contributed by atoms with Crippen LogP contribution < -0.4 is 0 Å². The molecule has 2 aromatic rings. The number of nitrogens with zero attached hydrogens (tertiary/aromatic N) is 1. The van der Waals surface area contributed by atoms with E-state index in [1.165, 1.54) is 5.56 Å². The van der Waals surface area contributed by atoms with E-state index in [1.807, 2.05) is 42.5 Å². The second-order valence-electron chi connectivity index (χ2n) is 8.48. The molecule has 0 aliphatic carbocycles. The average molecular weight is 491 g/mol. The fourth-order valence-electron chi connectivity index (χ4n) is 4.80. The second kappa shape index (κ2) is 8.15. The number of fused-ring (bicyclic) bond motifs is 1. The summed E-state index contributed by atoms with van der Waals surface area (Å²) in [6, 6.07) is 18.3. The van der Waals surface area contributed by atoms with E-state index >= 15 is 0 Å². The van der Waals surface area contributed by atoms with Gasteiger partial charge in [0.15, 0.2) is 0 Å². The van der Waals surface area contributed by atoms with Crippen LogP contribution >= 0.6 is 19.8 Å². The van der Waals surface area contributed by atoms with Gasteiger partial charge in [-0.25, -0.2) is 0 Å². The number of carbonyl (C=O) groups is 1. The van der Waals surface area contributed by atoms with Gasteiger partial charge in [0, 0.05) is 0 Å². The van der Waals surface area contributed by atoms with E-state index in [4.69, 9.17) is 0 Å². The molecule has 150 valence electrons. The van der Waals surface area contributed by atoms with Crippen LogP contribution in [0.4, 0.5) is 0 Å². The maximum atomic E-state index is 13.0. The molecule has 2 aliphatic rings. The number of phenolic OH excluding ortho intramolecular Hbond substituents is 1. The molecule has 0 aromatic heterocycles. The van der Waals surface area contributed by atoms with Gasteiger partial charge in [-0.2, -0.15) is 0 Å². The molecule has 0 radical (unpaired) electrons. The van der Waals surface area contributed by atoms with Gasteiger partial charge in [0.2, 0.25) is 0 Å². The van der Waals surface area contributed by atoms with Gasteiger partial charge in [0.1, 0.15) is 0 Å². The van der Waals surface area contributed by atoms with Crippen LogP contribution in [0.2, 0.25) is 0 Å². The summed E-state index contributed by atoms with van der Waals surface area (Å²) in [5.41, 5.74) is 2.25. The Hall–Kier alpha value is -1.40. The second-order valence-corrected chi connectivity index (χ2v) is 14.2. The fourth-order valence-corrected chi connectivity index (χ4v) is 10.2. The summed E-state index contributed by atoms with van der Waals surface area (Å²) in [5, 5.41) is 9.98. The van der Waals surface area contributed by atoms with E-state index in [0.717, 1.165) is 40.3 Å². The Labute approximate surface area is 175 Å². The van der Waals surface area contributed by atoms with Crippen molar-refractivity contribution in [2.45, 2.75) is 38.1 Å². The first kappa shape index (κ1) is 19.9. The number of halogens is 1. The molecule has 2 heterocycles. The molecule has 2 saturated heterocycles. The molecule has 0 bridgehead atoms. The zero-order chi connectivity index (χ0) is 19.7. The van der Waals surface area contributed by atoms with Gasteiger partial charge < -0.3 is 0 Å². The minimum atomic E-state index is -1.64. The molecule has 0 amide bonds. The van der Waals surface area contributed by atoms with Crippen molar-refractivity contribution in [3.63, 3.8) is 0 Å². The number of rotatable bonds is 3. The fraction of sp³-hybridized carbons (Fsp3) is 0.458. The van der Waals surface area contributed by atoms with Crippen LogP contribution in [0.1, 0.15) is 42.6 Å². The first-order valence-electron chi connectivity index (χ1n) is 10.2. The Morgan fingerprint density at radius 2 is 1.93 bits per heavy atom. The monoisotopic (exact) mass is 491 g/mol. The van der Waals surface area contributed by atoms with Gasteiger partial charge in [-0.1, -0.05) is 0 Å². The number of carbonyl (C=O) groups excluding carboxylic acids is 1. The van der Waals surface area contributed by atoms with Crippen molar-refractivity contribution < 1.29 is 9.90 Å². The molecule has 2 aromatic carbocycles. The Kier molecular flexibility index (Phi) is 5.79. The van der Waals surface area contributed by atoms with Crippen molar-refractivity contribution in [3.8, 4) is 5.75 Å². The third-order valence-corrected chi connectivity index (χ3v) is 12.5. The van der Waals surface area contributed by atoms with Crippen molar-refractivity contribution in [1.82, 2.24) is 4.90 Å². The normalized spacial score (nSPS) is 29.7. The molecule has 1 N–H and O–H groups in total. The standard InChI is InChI=1S/C24H30INO2/c1-18-17-26-14-13-25(23(28)19-7-4-3-5-8-19)12-11-21(26)16-24(18,2)20-9-6-10-22(27)15-20/h3-10,15,18,21,27H,11-14,16-17H2,1-2H3/t18?,21?,24-/m1/s1. The quantitative estimate of drug-likeness (QED) is 0.369. The molecule has 0 saturated carbocycles. The molecule has 28 heavy (non-hydrogen) atoms. The minimum absolute atomic E-state index is 0.0761. The third kappa shape index (κ3) is 3.86. The van der Waals surface area contributed by atoms with Crippen molar-refractivity contribution in [1.29, 1.82) is 0 Å². The molecule has 2 fully saturated rings. The van der Waals surface area contributed by atoms with Gasteiger partial charge in [-0.05, 0) is 0 Å². The molecule has 2 unspecified atom stereocenters. The summed E-state index contributed by atoms with van der Waals surface area (Å²) in [7, 11) is 0. The molecular weight excluding hydrogens is 461 g/mol. The number of phenols is 1. The van der Waals surface area contributed by atoms with Crippen molar-refractivity contribution in [3.05, 3.63) is 65.7 Å². The van der Waals surface area contributed by atoms with Crippen LogP contribution in [0.3, 0.4) is 0 Å². The SMILES string of the molecule is CC1CN2CCI(C(=O)c3ccccc3)CCC2C[C@@]1(C)c1cccc(O)c1. The van der Waals surface area contributed by atoms with Crippen molar-refractivity contribution >= 4 is 23.6 Å². The third-order valence-electron chi connectivity index (χ3n) is 6.79. The summed E-state index contributed by atoms with van der Waals surface area (Å²) >= 11 is -1.64. The predicted molar refractivity (Wildman–Crippen MR) is 124 cm³/mol. The zero-order valence-corrected chi connectivity index (χ0v) is 18.9. The Morgan fingerprint density at radius 3 is 2.68 bits per heavy atom. The van der Waals surface area contributed by atoms with Crippen LogP contribution in [0.15, 0.2) is 54.6 Å². The summed E-state index contributed by atoms with van der Waals surface area (Å²) in [6.45, 7) is 6.87. The molecule has 3 atom stereocenters. The van der Waals surface area contributed by atoms with Crippen LogP contribution in [0.25, 0.3) is 0 Å².